The van der Waals surface area contributed by atoms with E-state index in [0.717, 1.165) is 12.2 Å². The SMILES string of the molecule is CCC1=CC(C)(N)C=NO1. The minimum atomic E-state index is -0.427. The summed E-state index contributed by atoms with van der Waals surface area (Å²) >= 11 is 0. The molecule has 10 heavy (non-hydrogen) atoms. The summed E-state index contributed by atoms with van der Waals surface area (Å²) in [5.41, 5.74) is 5.31. The molecule has 0 aromatic carbocycles. The minimum Gasteiger partial charge on any atom is -0.362 e. The van der Waals surface area contributed by atoms with Crippen molar-refractivity contribution in [3.63, 3.8) is 0 Å². The van der Waals surface area contributed by atoms with E-state index in [1.807, 2.05) is 19.9 Å². The Hall–Kier alpha value is -0.830. The molecule has 0 aromatic rings. The molecule has 0 spiro atoms. The first kappa shape index (κ1) is 7.28. The van der Waals surface area contributed by atoms with E-state index in [0.29, 0.717) is 0 Å². The lowest BCUT2D eigenvalue weighted by molar-refractivity contribution is 0.209. The van der Waals surface area contributed by atoms with Crippen LogP contribution in [-0.2, 0) is 4.84 Å². The van der Waals surface area contributed by atoms with E-state index in [-0.39, 0.29) is 0 Å². The van der Waals surface area contributed by atoms with Gasteiger partial charge in [-0.1, -0.05) is 12.1 Å². The summed E-state index contributed by atoms with van der Waals surface area (Å²) in [5.74, 6) is 0.840. The maximum Gasteiger partial charge on any atom is 0.132 e. The van der Waals surface area contributed by atoms with Crippen LogP contribution in [0.3, 0.4) is 0 Å². The molecule has 0 aliphatic carbocycles. The van der Waals surface area contributed by atoms with Crippen LogP contribution in [0.2, 0.25) is 0 Å². The summed E-state index contributed by atoms with van der Waals surface area (Å²) in [6.07, 6.45) is 4.30. The van der Waals surface area contributed by atoms with E-state index < -0.39 is 5.54 Å². The summed E-state index contributed by atoms with van der Waals surface area (Å²) in [7, 11) is 0. The van der Waals surface area contributed by atoms with Gasteiger partial charge in [0, 0.05) is 6.42 Å². The first-order valence-corrected chi connectivity index (χ1v) is 3.36. The molecule has 1 rings (SSSR count). The number of nitrogens with two attached hydrogens (primary N) is 1. The molecule has 0 aromatic heterocycles. The molecule has 1 heterocycles. The predicted octanol–water partition coefficient (Wildman–Crippen LogP) is 1.01. The van der Waals surface area contributed by atoms with Crippen molar-refractivity contribution in [1.29, 1.82) is 0 Å². The van der Waals surface area contributed by atoms with Crippen LogP contribution in [0.4, 0.5) is 0 Å². The molecule has 3 heteroatoms. The Bertz CT molecular complexity index is 182. The van der Waals surface area contributed by atoms with Gasteiger partial charge in [0.1, 0.15) is 5.76 Å². The summed E-state index contributed by atoms with van der Waals surface area (Å²) in [6, 6.07) is 0. The highest BCUT2D eigenvalue weighted by atomic mass is 16.6. The molecular weight excluding hydrogens is 128 g/mol. The topological polar surface area (TPSA) is 47.6 Å². The van der Waals surface area contributed by atoms with Gasteiger partial charge >= 0.3 is 0 Å². The van der Waals surface area contributed by atoms with Gasteiger partial charge in [-0.2, -0.15) is 0 Å². The standard InChI is InChI=1S/C7H12N2O/c1-3-6-4-7(2,8)5-9-10-6/h4-5H,3,8H2,1-2H3. The number of hydrogen-bond donors (Lipinski definition) is 1. The highest BCUT2D eigenvalue weighted by Crippen LogP contribution is 2.13. The van der Waals surface area contributed by atoms with Crippen molar-refractivity contribution < 1.29 is 4.84 Å². The molecule has 2 N–H and O–H groups in total. The van der Waals surface area contributed by atoms with E-state index in [2.05, 4.69) is 5.16 Å². The first-order valence-electron chi connectivity index (χ1n) is 3.36. The number of allylic oxidation sites excluding steroid dienone is 1. The van der Waals surface area contributed by atoms with Crippen LogP contribution >= 0.6 is 0 Å². The Balaban J connectivity index is 2.73. The van der Waals surface area contributed by atoms with Gasteiger partial charge in [-0.05, 0) is 13.0 Å². The number of nitrogens with zero attached hydrogens (tertiary/aromatic N) is 1. The molecule has 0 amide bonds. The maximum absolute atomic E-state index is 5.74. The Morgan fingerprint density at radius 2 is 2.50 bits per heavy atom. The molecular formula is C7H12N2O. The zero-order valence-corrected chi connectivity index (χ0v) is 6.29. The van der Waals surface area contributed by atoms with Crippen LogP contribution in [0, 0.1) is 0 Å². The van der Waals surface area contributed by atoms with Gasteiger partial charge in [0.05, 0.1) is 11.8 Å². The van der Waals surface area contributed by atoms with Crippen LogP contribution in [0.5, 0.6) is 0 Å². The second-order valence-electron chi connectivity index (χ2n) is 2.66. The summed E-state index contributed by atoms with van der Waals surface area (Å²) < 4.78 is 0. The second kappa shape index (κ2) is 2.42. The van der Waals surface area contributed by atoms with Gasteiger partial charge in [-0.3, -0.25) is 0 Å². The van der Waals surface area contributed by atoms with Crippen LogP contribution in [-0.4, -0.2) is 11.8 Å². The third-order valence-corrected chi connectivity index (χ3v) is 1.32. The molecule has 0 saturated heterocycles. The predicted molar refractivity (Wildman–Crippen MR) is 40.5 cm³/mol. The van der Waals surface area contributed by atoms with Crippen LogP contribution in [0.15, 0.2) is 17.0 Å². The quantitative estimate of drug-likeness (QED) is 0.591. The average molecular weight is 140 g/mol. The number of hydrogen-bond acceptors (Lipinski definition) is 3. The molecule has 1 atom stereocenters. The van der Waals surface area contributed by atoms with E-state index in [4.69, 9.17) is 10.6 Å². The van der Waals surface area contributed by atoms with Gasteiger partial charge in [-0.15, -0.1) is 0 Å². The summed E-state index contributed by atoms with van der Waals surface area (Å²) in [5, 5.41) is 3.66. The largest absolute Gasteiger partial charge is 0.362 e. The van der Waals surface area contributed by atoms with Gasteiger partial charge in [-0.25, -0.2) is 0 Å². The Kier molecular flexibility index (Phi) is 1.76. The zero-order valence-electron chi connectivity index (χ0n) is 6.29. The fourth-order valence-corrected chi connectivity index (χ4v) is 0.785. The fourth-order valence-electron chi connectivity index (χ4n) is 0.785. The molecule has 56 valence electrons. The first-order chi connectivity index (χ1) is 4.64. The maximum atomic E-state index is 5.74. The monoisotopic (exact) mass is 140 g/mol. The van der Waals surface area contributed by atoms with Gasteiger partial charge < -0.3 is 10.6 Å². The second-order valence-corrected chi connectivity index (χ2v) is 2.66. The van der Waals surface area contributed by atoms with Crippen molar-refractivity contribution >= 4 is 6.21 Å². The van der Waals surface area contributed by atoms with Crippen molar-refractivity contribution in [2.45, 2.75) is 25.8 Å². The Labute approximate surface area is 60.5 Å². The van der Waals surface area contributed by atoms with Crippen molar-refractivity contribution in [3.05, 3.63) is 11.8 Å². The highest BCUT2D eigenvalue weighted by molar-refractivity contribution is 5.72. The van der Waals surface area contributed by atoms with E-state index in [1.165, 1.54) is 0 Å². The third kappa shape index (κ3) is 1.57. The van der Waals surface area contributed by atoms with Gasteiger partial charge in [0.25, 0.3) is 0 Å². The van der Waals surface area contributed by atoms with E-state index >= 15 is 0 Å². The van der Waals surface area contributed by atoms with Crippen molar-refractivity contribution in [2.24, 2.45) is 10.9 Å². The molecule has 0 fully saturated rings. The lowest BCUT2D eigenvalue weighted by Gasteiger charge is -2.19. The summed E-state index contributed by atoms with van der Waals surface area (Å²) in [4.78, 5) is 4.91. The smallest absolute Gasteiger partial charge is 0.132 e. The molecule has 1 unspecified atom stereocenters. The van der Waals surface area contributed by atoms with Crippen molar-refractivity contribution in [3.8, 4) is 0 Å². The molecule has 3 nitrogen and oxygen atoms in total. The normalized spacial score (nSPS) is 31.3. The van der Waals surface area contributed by atoms with E-state index in [9.17, 15) is 0 Å². The van der Waals surface area contributed by atoms with Crippen molar-refractivity contribution in [2.75, 3.05) is 0 Å². The number of rotatable bonds is 1. The molecule has 1 aliphatic heterocycles. The molecule has 0 radical (unpaired) electrons. The van der Waals surface area contributed by atoms with Crippen LogP contribution < -0.4 is 5.73 Å². The minimum absolute atomic E-state index is 0.427. The van der Waals surface area contributed by atoms with Gasteiger partial charge in [0.15, 0.2) is 0 Å². The Morgan fingerprint density at radius 3 is 2.90 bits per heavy atom. The highest BCUT2D eigenvalue weighted by Gasteiger charge is 2.17. The van der Waals surface area contributed by atoms with Gasteiger partial charge in [0.2, 0.25) is 0 Å². The Morgan fingerprint density at radius 1 is 1.80 bits per heavy atom. The fraction of sp³-hybridized carbons (Fsp3) is 0.571. The zero-order chi connectivity index (χ0) is 7.61. The number of oxime groups is 1. The summed E-state index contributed by atoms with van der Waals surface area (Å²) in [6.45, 7) is 3.89. The third-order valence-electron chi connectivity index (χ3n) is 1.32. The van der Waals surface area contributed by atoms with Crippen LogP contribution in [0.25, 0.3) is 0 Å². The van der Waals surface area contributed by atoms with Crippen LogP contribution in [0.1, 0.15) is 20.3 Å². The molecule has 0 bridgehead atoms. The van der Waals surface area contributed by atoms with Crippen molar-refractivity contribution in [1.82, 2.24) is 0 Å². The van der Waals surface area contributed by atoms with E-state index in [1.54, 1.807) is 6.21 Å². The lowest BCUT2D eigenvalue weighted by atomic mass is 10.0. The molecule has 0 saturated carbocycles. The lowest BCUT2D eigenvalue weighted by Crippen LogP contribution is -2.37. The average Bonchev–Trinajstić information content (AvgIpc) is 1.86. The molecule has 1 aliphatic rings.